The first-order valence-electron chi connectivity index (χ1n) is 15.2. The van der Waals surface area contributed by atoms with E-state index in [4.69, 9.17) is 20.7 Å². The van der Waals surface area contributed by atoms with Gasteiger partial charge in [0.15, 0.2) is 0 Å². The first kappa shape index (κ1) is 33.3. The molecular weight excluding hydrogens is 586 g/mol. The van der Waals surface area contributed by atoms with Crippen molar-refractivity contribution in [2.24, 2.45) is 17.6 Å². The molecule has 12 heteroatoms. The molecule has 6 N–H and O–H groups in total. The number of benzene rings is 1. The Hall–Kier alpha value is -3.64. The Bertz CT molecular complexity index is 1300. The summed E-state index contributed by atoms with van der Waals surface area (Å²) in [4.78, 5) is 60.9. The number of carboxylic acids is 2. The predicted molar refractivity (Wildman–Crippen MR) is 164 cm³/mol. The fourth-order valence-electron chi connectivity index (χ4n) is 6.07. The van der Waals surface area contributed by atoms with E-state index in [0.717, 1.165) is 56.9 Å². The number of carbonyl (C=O) groups is 5. The molecule has 2 amide bonds. The highest BCUT2D eigenvalue weighted by atomic mass is 32.2. The van der Waals surface area contributed by atoms with Crippen molar-refractivity contribution in [2.45, 2.75) is 81.5 Å². The van der Waals surface area contributed by atoms with E-state index in [9.17, 15) is 24.0 Å². The molecule has 1 aliphatic heterocycles. The Morgan fingerprint density at radius 2 is 1.77 bits per heavy atom. The molecule has 0 aromatic heterocycles. The Morgan fingerprint density at radius 3 is 2.48 bits per heavy atom. The van der Waals surface area contributed by atoms with E-state index < -0.39 is 48.3 Å². The van der Waals surface area contributed by atoms with Crippen LogP contribution in [-0.2, 0) is 35.1 Å². The fourth-order valence-corrected chi connectivity index (χ4v) is 7.40. The van der Waals surface area contributed by atoms with Crippen LogP contribution < -0.4 is 16.4 Å². The molecule has 1 aromatic carbocycles. The van der Waals surface area contributed by atoms with Crippen LogP contribution in [-0.4, -0.2) is 69.6 Å². The normalized spacial score (nSPS) is 23.0. The summed E-state index contributed by atoms with van der Waals surface area (Å²) in [5.41, 5.74) is 8.97. The molecule has 1 heterocycles. The molecule has 0 spiro atoms. The molecule has 11 nitrogen and oxygen atoms in total. The average Bonchev–Trinajstić information content (AvgIpc) is 3.33. The standard InChI is InChI=1S/C32H41N3O8S/c33-23(31(40)41)12-13-26(36)35-24(30(39)34-17-27(37)38)18-44-25-11-7-2-1-6-10-21-15-20(14-19-8-4-3-5-9-19)16-22-28(21)29(25)43-32(22)42/h3-5,8-9,16,21-25H,1-2,6-7,10-15,17-18,33H2,(H,34,39)(H,35,36)(H,37,38)(H,40,41). The number of aliphatic carboxylic acids is 2. The van der Waals surface area contributed by atoms with Gasteiger partial charge in [0.1, 0.15) is 30.3 Å². The number of ether oxygens (including phenoxy) is 1. The van der Waals surface area contributed by atoms with Gasteiger partial charge in [0.05, 0.1) is 5.25 Å². The number of hydrogen-bond acceptors (Lipinski definition) is 8. The van der Waals surface area contributed by atoms with Crippen LogP contribution in [0.5, 0.6) is 0 Å². The summed E-state index contributed by atoms with van der Waals surface area (Å²) in [5.74, 6) is -3.47. The van der Waals surface area contributed by atoms with E-state index in [2.05, 4.69) is 28.8 Å². The molecule has 44 heavy (non-hydrogen) atoms. The highest BCUT2D eigenvalue weighted by Gasteiger charge is 2.44. The van der Waals surface area contributed by atoms with Crippen molar-refractivity contribution >= 4 is 41.5 Å². The number of rotatable bonds is 13. The van der Waals surface area contributed by atoms with E-state index >= 15 is 0 Å². The van der Waals surface area contributed by atoms with Gasteiger partial charge >= 0.3 is 17.9 Å². The Kier molecular flexibility index (Phi) is 12.0. The molecular formula is C32H41N3O8S. The molecule has 4 rings (SSSR count). The largest absolute Gasteiger partial charge is 0.480 e. The third-order valence-corrected chi connectivity index (χ3v) is 9.68. The summed E-state index contributed by atoms with van der Waals surface area (Å²) < 4.78 is 6.00. The van der Waals surface area contributed by atoms with Gasteiger partial charge in [0.2, 0.25) is 11.8 Å². The van der Waals surface area contributed by atoms with Gasteiger partial charge in [-0.05, 0) is 49.2 Å². The molecule has 0 radical (unpaired) electrons. The number of allylic oxidation sites excluding steroid dienone is 1. The number of carbonyl (C=O) groups excluding carboxylic acids is 3. The second-order valence-electron chi connectivity index (χ2n) is 11.6. The van der Waals surface area contributed by atoms with E-state index in [-0.39, 0.29) is 35.7 Å². The summed E-state index contributed by atoms with van der Waals surface area (Å²) in [5, 5.41) is 22.8. The molecule has 238 valence electrons. The average molecular weight is 628 g/mol. The number of carboxylic acid groups (broad SMARTS) is 2. The lowest BCUT2D eigenvalue weighted by molar-refractivity contribution is -0.140. The summed E-state index contributed by atoms with van der Waals surface area (Å²) in [6.07, 6.45) is 9.15. The Morgan fingerprint density at radius 1 is 1.05 bits per heavy atom. The van der Waals surface area contributed by atoms with E-state index in [0.29, 0.717) is 5.76 Å². The van der Waals surface area contributed by atoms with Gasteiger partial charge in [-0.15, -0.1) is 11.8 Å². The van der Waals surface area contributed by atoms with Crippen LogP contribution in [0.25, 0.3) is 0 Å². The van der Waals surface area contributed by atoms with Gasteiger partial charge in [0, 0.05) is 12.2 Å². The zero-order chi connectivity index (χ0) is 31.6. The van der Waals surface area contributed by atoms with Crippen molar-refractivity contribution in [1.29, 1.82) is 0 Å². The molecule has 1 aromatic rings. The molecule has 3 aliphatic rings. The van der Waals surface area contributed by atoms with Crippen LogP contribution in [0.15, 0.2) is 53.3 Å². The molecule has 0 fully saturated rings. The lowest BCUT2D eigenvalue weighted by Gasteiger charge is -2.30. The zero-order valence-corrected chi connectivity index (χ0v) is 25.5. The monoisotopic (exact) mass is 627 g/mol. The zero-order valence-electron chi connectivity index (χ0n) is 24.7. The van der Waals surface area contributed by atoms with Crippen LogP contribution in [0.4, 0.5) is 0 Å². The minimum Gasteiger partial charge on any atom is -0.480 e. The van der Waals surface area contributed by atoms with E-state index in [1.54, 1.807) is 0 Å². The number of esters is 1. The smallest absolute Gasteiger partial charge is 0.322 e. The quantitative estimate of drug-likeness (QED) is 0.161. The van der Waals surface area contributed by atoms with Crippen molar-refractivity contribution in [3.63, 3.8) is 0 Å². The first-order valence-corrected chi connectivity index (χ1v) is 16.2. The summed E-state index contributed by atoms with van der Waals surface area (Å²) >= 11 is 1.40. The van der Waals surface area contributed by atoms with Gasteiger partial charge in [-0.2, -0.15) is 0 Å². The molecule has 0 saturated heterocycles. The third kappa shape index (κ3) is 9.18. The van der Waals surface area contributed by atoms with Crippen LogP contribution in [0, 0.1) is 11.8 Å². The van der Waals surface area contributed by atoms with Crippen molar-refractivity contribution in [3.05, 3.63) is 58.9 Å². The van der Waals surface area contributed by atoms with Crippen LogP contribution in [0.2, 0.25) is 0 Å². The van der Waals surface area contributed by atoms with Gasteiger partial charge in [-0.25, -0.2) is 0 Å². The highest BCUT2D eigenvalue weighted by Crippen LogP contribution is 2.47. The summed E-state index contributed by atoms with van der Waals surface area (Å²) in [6.45, 7) is -0.614. The first-order chi connectivity index (χ1) is 21.1. The minimum atomic E-state index is -1.23. The molecule has 0 saturated carbocycles. The maximum Gasteiger partial charge on any atom is 0.322 e. The summed E-state index contributed by atoms with van der Waals surface area (Å²) in [6, 6.07) is 7.89. The Labute approximate surface area is 261 Å². The van der Waals surface area contributed by atoms with E-state index in [1.807, 2.05) is 18.2 Å². The number of hydrogen-bond donors (Lipinski definition) is 5. The number of nitrogens with two attached hydrogens (primary N) is 1. The van der Waals surface area contributed by atoms with Gasteiger partial charge in [-0.1, -0.05) is 67.7 Å². The second-order valence-corrected chi connectivity index (χ2v) is 12.9. The number of amides is 2. The van der Waals surface area contributed by atoms with Crippen molar-refractivity contribution in [2.75, 3.05) is 12.3 Å². The lowest BCUT2D eigenvalue weighted by atomic mass is 9.74. The van der Waals surface area contributed by atoms with Crippen molar-refractivity contribution in [1.82, 2.24) is 10.6 Å². The predicted octanol–water partition coefficient (Wildman–Crippen LogP) is 2.94. The van der Waals surface area contributed by atoms with Crippen LogP contribution in [0.3, 0.4) is 0 Å². The molecule has 5 unspecified atom stereocenters. The van der Waals surface area contributed by atoms with Crippen LogP contribution in [0.1, 0.15) is 63.4 Å². The maximum absolute atomic E-state index is 13.3. The van der Waals surface area contributed by atoms with Crippen molar-refractivity contribution in [3.8, 4) is 0 Å². The minimum absolute atomic E-state index is 0.103. The fraction of sp³-hybridized carbons (Fsp3) is 0.531. The lowest BCUT2D eigenvalue weighted by Crippen LogP contribution is -2.49. The van der Waals surface area contributed by atoms with Gasteiger partial charge < -0.3 is 31.3 Å². The second kappa shape index (κ2) is 15.9. The molecule has 0 bridgehead atoms. The Balaban J connectivity index is 1.53. The topological polar surface area (TPSA) is 185 Å². The number of thioether (sulfide) groups is 1. The number of nitrogens with one attached hydrogen (secondary N) is 2. The van der Waals surface area contributed by atoms with Crippen LogP contribution >= 0.6 is 11.8 Å². The van der Waals surface area contributed by atoms with Crippen molar-refractivity contribution < 1.29 is 38.9 Å². The molecule has 2 aliphatic carbocycles. The third-order valence-electron chi connectivity index (χ3n) is 8.30. The highest BCUT2D eigenvalue weighted by molar-refractivity contribution is 8.00. The van der Waals surface area contributed by atoms with Gasteiger partial charge in [0.25, 0.3) is 0 Å². The maximum atomic E-state index is 13.3. The molecule has 5 atom stereocenters. The summed E-state index contributed by atoms with van der Waals surface area (Å²) in [7, 11) is 0. The van der Waals surface area contributed by atoms with E-state index in [1.165, 1.54) is 22.9 Å². The SMILES string of the molecule is NC(CCC(=O)NC(CSC1CCCCCCC2CC(Cc3ccccc3)=CC3C(=O)OC1=C23)C(=O)NCC(=O)O)C(=O)O. The van der Waals surface area contributed by atoms with Gasteiger partial charge in [-0.3, -0.25) is 24.0 Å².